The van der Waals surface area contributed by atoms with Crippen LogP contribution in [0.15, 0.2) is 42.5 Å². The van der Waals surface area contributed by atoms with Crippen molar-refractivity contribution in [3.8, 4) is 5.75 Å². The Hall–Kier alpha value is -1.96. The van der Waals surface area contributed by atoms with Crippen LogP contribution in [0.4, 0.5) is 5.69 Å². The van der Waals surface area contributed by atoms with Crippen molar-refractivity contribution in [3.63, 3.8) is 0 Å². The van der Waals surface area contributed by atoms with Gasteiger partial charge in [0.25, 0.3) is 0 Å². The zero-order chi connectivity index (χ0) is 12.5. The molecule has 0 fully saturated rings. The highest BCUT2D eigenvalue weighted by Gasteiger charge is 2.24. The van der Waals surface area contributed by atoms with Crippen molar-refractivity contribution in [3.05, 3.63) is 59.2 Å². The highest BCUT2D eigenvalue weighted by atomic mass is 16.3. The van der Waals surface area contributed by atoms with Crippen LogP contribution in [0.25, 0.3) is 0 Å². The molecule has 1 atom stereocenters. The number of hydrogen-bond acceptors (Lipinski definition) is 2. The van der Waals surface area contributed by atoms with E-state index in [-0.39, 0.29) is 0 Å². The quantitative estimate of drug-likeness (QED) is 0.835. The van der Waals surface area contributed by atoms with E-state index >= 15 is 0 Å². The fraction of sp³-hybridized carbons (Fsp3) is 0.250. The average molecular weight is 239 g/mol. The second-order valence-electron chi connectivity index (χ2n) is 4.95. The van der Waals surface area contributed by atoms with Gasteiger partial charge in [-0.1, -0.05) is 29.8 Å². The van der Waals surface area contributed by atoms with Crippen molar-refractivity contribution < 1.29 is 5.11 Å². The Bertz CT molecular complexity index is 560. The van der Waals surface area contributed by atoms with Crippen LogP contribution in [-0.4, -0.2) is 5.11 Å². The zero-order valence-corrected chi connectivity index (χ0v) is 10.5. The van der Waals surface area contributed by atoms with Crippen LogP contribution in [0.1, 0.15) is 29.2 Å². The maximum Gasteiger partial charge on any atom is 0.119 e. The molecule has 92 valence electrons. The molecule has 2 nitrogen and oxygen atoms in total. The van der Waals surface area contributed by atoms with Crippen molar-refractivity contribution in [2.24, 2.45) is 0 Å². The maximum absolute atomic E-state index is 9.82. The zero-order valence-electron chi connectivity index (χ0n) is 10.5. The Morgan fingerprint density at radius 3 is 2.67 bits per heavy atom. The Kier molecular flexibility index (Phi) is 2.71. The smallest absolute Gasteiger partial charge is 0.119 e. The molecule has 0 radical (unpaired) electrons. The highest BCUT2D eigenvalue weighted by molar-refractivity contribution is 5.51. The third-order valence-corrected chi connectivity index (χ3v) is 3.64. The van der Waals surface area contributed by atoms with Gasteiger partial charge in [0, 0.05) is 5.69 Å². The number of phenols is 1. The topological polar surface area (TPSA) is 32.3 Å². The monoisotopic (exact) mass is 239 g/mol. The lowest BCUT2D eigenvalue weighted by atomic mass is 10.1. The van der Waals surface area contributed by atoms with E-state index in [2.05, 4.69) is 42.6 Å². The largest absolute Gasteiger partial charge is 0.508 e. The van der Waals surface area contributed by atoms with Gasteiger partial charge in [-0.2, -0.15) is 0 Å². The molecule has 3 rings (SSSR count). The van der Waals surface area contributed by atoms with Gasteiger partial charge in [-0.15, -0.1) is 0 Å². The molecular formula is C16H17NO. The lowest BCUT2D eigenvalue weighted by Gasteiger charge is -2.15. The fourth-order valence-electron chi connectivity index (χ4n) is 2.64. The van der Waals surface area contributed by atoms with Crippen LogP contribution in [-0.2, 0) is 6.42 Å². The van der Waals surface area contributed by atoms with E-state index in [9.17, 15) is 5.11 Å². The van der Waals surface area contributed by atoms with E-state index < -0.39 is 0 Å². The van der Waals surface area contributed by atoms with Gasteiger partial charge in [-0.05, 0) is 49.1 Å². The summed E-state index contributed by atoms with van der Waals surface area (Å²) in [7, 11) is 0. The van der Waals surface area contributed by atoms with Gasteiger partial charge in [0.05, 0.1) is 6.04 Å². The summed E-state index contributed by atoms with van der Waals surface area (Å²) in [5.41, 5.74) is 4.74. The fourth-order valence-corrected chi connectivity index (χ4v) is 2.64. The first kappa shape index (κ1) is 11.1. The van der Waals surface area contributed by atoms with Crippen LogP contribution in [0.2, 0.25) is 0 Å². The Morgan fingerprint density at radius 1 is 1.11 bits per heavy atom. The van der Waals surface area contributed by atoms with Gasteiger partial charge < -0.3 is 10.4 Å². The molecule has 1 unspecified atom stereocenters. The van der Waals surface area contributed by atoms with Gasteiger partial charge in [0.15, 0.2) is 0 Å². The molecule has 0 saturated heterocycles. The number of nitrogens with one attached hydrogen (secondary N) is 1. The average Bonchev–Trinajstić information content (AvgIpc) is 2.77. The predicted molar refractivity (Wildman–Crippen MR) is 74.0 cm³/mol. The van der Waals surface area contributed by atoms with E-state index in [1.165, 1.54) is 11.1 Å². The summed E-state index contributed by atoms with van der Waals surface area (Å²) >= 11 is 0. The molecule has 18 heavy (non-hydrogen) atoms. The third-order valence-electron chi connectivity index (χ3n) is 3.64. The van der Waals surface area contributed by atoms with Gasteiger partial charge in [0.1, 0.15) is 5.75 Å². The van der Waals surface area contributed by atoms with Gasteiger partial charge in [0.2, 0.25) is 0 Å². The number of rotatable bonds is 2. The van der Waals surface area contributed by atoms with Gasteiger partial charge in [-0.25, -0.2) is 0 Å². The number of anilines is 1. The van der Waals surface area contributed by atoms with Crippen molar-refractivity contribution in [2.45, 2.75) is 25.8 Å². The molecule has 0 amide bonds. The summed E-state index contributed by atoms with van der Waals surface area (Å²) in [6, 6.07) is 14.5. The Balaban J connectivity index is 1.85. The molecule has 2 aromatic rings. The van der Waals surface area contributed by atoms with Gasteiger partial charge >= 0.3 is 0 Å². The minimum absolute atomic E-state index is 0.315. The number of phenolic OH excluding ortho intramolecular Hbond substituents is 1. The van der Waals surface area contributed by atoms with Crippen LogP contribution >= 0.6 is 0 Å². The first-order valence-corrected chi connectivity index (χ1v) is 6.38. The summed E-state index contributed by atoms with van der Waals surface area (Å²) < 4.78 is 0. The third kappa shape index (κ3) is 1.94. The van der Waals surface area contributed by atoms with E-state index in [0.29, 0.717) is 11.8 Å². The van der Waals surface area contributed by atoms with E-state index in [0.717, 1.165) is 24.1 Å². The Labute approximate surface area is 107 Å². The molecule has 1 aliphatic carbocycles. The van der Waals surface area contributed by atoms with Crippen molar-refractivity contribution >= 4 is 5.69 Å². The van der Waals surface area contributed by atoms with Crippen LogP contribution < -0.4 is 5.32 Å². The summed E-state index contributed by atoms with van der Waals surface area (Å²) in [4.78, 5) is 0. The predicted octanol–water partition coefficient (Wildman–Crippen LogP) is 3.80. The second-order valence-corrected chi connectivity index (χ2v) is 4.95. The SMILES string of the molecule is Cc1ccc(NC2CCc3c(O)cccc32)cc1. The molecule has 2 aromatic carbocycles. The van der Waals surface area contributed by atoms with Crippen molar-refractivity contribution in [1.82, 2.24) is 0 Å². The minimum Gasteiger partial charge on any atom is -0.508 e. The maximum atomic E-state index is 9.82. The summed E-state index contributed by atoms with van der Waals surface area (Å²) in [6.45, 7) is 2.09. The molecule has 0 spiro atoms. The molecule has 0 saturated carbocycles. The Morgan fingerprint density at radius 2 is 1.89 bits per heavy atom. The standard InChI is InChI=1S/C16H17NO/c1-11-5-7-12(8-6-11)17-15-10-9-14-13(15)3-2-4-16(14)18/h2-8,15,17-18H,9-10H2,1H3. The molecule has 0 aliphatic heterocycles. The van der Waals surface area contributed by atoms with E-state index in [1.54, 1.807) is 6.07 Å². The number of benzene rings is 2. The molecule has 2 N–H and O–H groups in total. The van der Waals surface area contributed by atoms with E-state index in [1.807, 2.05) is 6.07 Å². The van der Waals surface area contributed by atoms with Crippen molar-refractivity contribution in [2.75, 3.05) is 5.32 Å². The molecule has 0 heterocycles. The molecule has 0 bridgehead atoms. The number of aryl methyl sites for hydroxylation is 1. The van der Waals surface area contributed by atoms with Crippen LogP contribution in [0.5, 0.6) is 5.75 Å². The summed E-state index contributed by atoms with van der Waals surface area (Å²) in [5.74, 6) is 0.431. The van der Waals surface area contributed by atoms with Crippen molar-refractivity contribution in [1.29, 1.82) is 0 Å². The van der Waals surface area contributed by atoms with Gasteiger partial charge in [-0.3, -0.25) is 0 Å². The molecule has 1 aliphatic rings. The summed E-state index contributed by atoms with van der Waals surface area (Å²) in [6.07, 6.45) is 1.99. The lowest BCUT2D eigenvalue weighted by Crippen LogP contribution is -2.06. The normalized spacial score (nSPS) is 17.5. The first-order valence-electron chi connectivity index (χ1n) is 6.38. The highest BCUT2D eigenvalue weighted by Crippen LogP contribution is 2.38. The lowest BCUT2D eigenvalue weighted by molar-refractivity contribution is 0.469. The number of fused-ring (bicyclic) bond motifs is 1. The molecule has 0 aromatic heterocycles. The molecular weight excluding hydrogens is 222 g/mol. The second kappa shape index (κ2) is 4.37. The van der Waals surface area contributed by atoms with Crippen LogP contribution in [0.3, 0.4) is 0 Å². The summed E-state index contributed by atoms with van der Waals surface area (Å²) in [5, 5.41) is 13.4. The minimum atomic E-state index is 0.315. The van der Waals surface area contributed by atoms with E-state index in [4.69, 9.17) is 0 Å². The number of hydrogen-bond donors (Lipinski definition) is 2. The van der Waals surface area contributed by atoms with Crippen LogP contribution in [0, 0.1) is 6.92 Å². The first-order chi connectivity index (χ1) is 8.74. The number of aromatic hydroxyl groups is 1. The molecule has 2 heteroatoms.